The highest BCUT2D eigenvalue weighted by molar-refractivity contribution is 9.10. The molecule has 7 nitrogen and oxygen atoms in total. The number of ether oxygens (including phenoxy) is 1. The van der Waals surface area contributed by atoms with Gasteiger partial charge in [0.15, 0.2) is 13.2 Å². The van der Waals surface area contributed by atoms with Crippen LogP contribution in [0, 0.1) is 12.7 Å². The Labute approximate surface area is 242 Å². The molecule has 0 bridgehead atoms. The summed E-state index contributed by atoms with van der Waals surface area (Å²) in [7, 11) is -0.856. The number of aliphatic imine (C=N–C) groups is 1. The molecule has 0 spiro atoms. The van der Waals surface area contributed by atoms with Crippen LogP contribution < -0.4 is 5.30 Å². The molecule has 0 N–H and O–H groups in total. The first-order chi connectivity index (χ1) is 19.3. The van der Waals surface area contributed by atoms with E-state index in [0.717, 1.165) is 26.8 Å². The van der Waals surface area contributed by atoms with Gasteiger partial charge in [0.05, 0.1) is 40.1 Å². The third kappa shape index (κ3) is 4.55. The number of fused-ring (bicyclic) bond motifs is 1. The van der Waals surface area contributed by atoms with Crippen molar-refractivity contribution >= 4 is 45.9 Å². The molecule has 1 fully saturated rings. The van der Waals surface area contributed by atoms with Gasteiger partial charge in [-0.1, -0.05) is 42.5 Å². The Hall–Kier alpha value is -3.10. The molecule has 4 aromatic rings. The van der Waals surface area contributed by atoms with Gasteiger partial charge in [-0.05, 0) is 73.1 Å². The average Bonchev–Trinajstić information content (AvgIpc) is 3.28. The van der Waals surface area contributed by atoms with Gasteiger partial charge in [0.2, 0.25) is 0 Å². The molecule has 10 heteroatoms. The fourth-order valence-corrected chi connectivity index (χ4v) is 10.1. The van der Waals surface area contributed by atoms with E-state index in [1.54, 1.807) is 12.1 Å². The summed E-state index contributed by atoms with van der Waals surface area (Å²) in [5.41, 5.74) is 2.98. The van der Waals surface area contributed by atoms with E-state index in [9.17, 15) is 0 Å². The highest BCUT2D eigenvalue weighted by Crippen LogP contribution is 2.62. The lowest BCUT2D eigenvalue weighted by molar-refractivity contribution is -0.0442. The van der Waals surface area contributed by atoms with Gasteiger partial charge in [-0.2, -0.15) is 5.10 Å². The van der Waals surface area contributed by atoms with E-state index >= 15 is 4.39 Å². The second kappa shape index (κ2) is 10.7. The number of aryl methyl sites for hydroxylation is 1. The smallest absolute Gasteiger partial charge is 0.170 e. The molecule has 0 radical (unpaired) electrons. The van der Waals surface area contributed by atoms with Crippen molar-refractivity contribution in [3.8, 4) is 5.69 Å². The topological polar surface area (TPSA) is 58.3 Å². The van der Waals surface area contributed by atoms with Gasteiger partial charge in [0.1, 0.15) is 11.7 Å². The lowest BCUT2D eigenvalue weighted by Crippen LogP contribution is -2.50. The van der Waals surface area contributed by atoms with Crippen molar-refractivity contribution in [3.05, 3.63) is 100 Å². The molecule has 1 saturated heterocycles. The molecule has 3 atom stereocenters. The number of hydrogen-bond donors (Lipinski definition) is 0. The average molecular weight is 621 g/mol. The molecule has 2 aliphatic heterocycles. The molecule has 6 rings (SSSR count). The second-order valence-corrected chi connectivity index (χ2v) is 14.0. The zero-order chi connectivity index (χ0) is 28.0. The molecule has 0 aliphatic carbocycles. The summed E-state index contributed by atoms with van der Waals surface area (Å²) in [4.78, 5) is 5.15. The molecule has 3 aromatic carbocycles. The summed E-state index contributed by atoms with van der Waals surface area (Å²) in [6, 6.07) is 24.7. The van der Waals surface area contributed by atoms with Gasteiger partial charge in [-0.15, -0.1) is 0 Å². The molecular weight excluding hydrogens is 590 g/mol. The lowest BCUT2D eigenvalue weighted by Gasteiger charge is -2.49. The normalized spacial score (nSPS) is 23.1. The highest BCUT2D eigenvalue weighted by atomic mass is 79.9. The van der Waals surface area contributed by atoms with E-state index < -0.39 is 7.36 Å². The van der Waals surface area contributed by atoms with Gasteiger partial charge in [0, 0.05) is 24.6 Å². The monoisotopic (exact) mass is 620 g/mol. The van der Waals surface area contributed by atoms with Gasteiger partial charge in [-0.25, -0.2) is 23.5 Å². The van der Waals surface area contributed by atoms with Crippen LogP contribution in [0.25, 0.3) is 5.69 Å². The van der Waals surface area contributed by atoms with Crippen molar-refractivity contribution in [1.82, 2.24) is 19.1 Å². The van der Waals surface area contributed by atoms with E-state index in [-0.39, 0.29) is 18.0 Å². The van der Waals surface area contributed by atoms with Crippen molar-refractivity contribution in [3.63, 3.8) is 0 Å². The van der Waals surface area contributed by atoms with Crippen LogP contribution in [-0.2, 0) is 4.74 Å². The molecule has 3 heterocycles. The van der Waals surface area contributed by atoms with Gasteiger partial charge in [-0.3, -0.25) is 0 Å². The largest absolute Gasteiger partial charge is 0.373 e. The van der Waals surface area contributed by atoms with E-state index in [0.29, 0.717) is 30.3 Å². The second-order valence-electron chi connectivity index (χ2n) is 10.2. The Bertz CT molecular complexity index is 1650. The quantitative estimate of drug-likeness (QED) is 0.226. The Morgan fingerprint density at radius 2 is 1.60 bits per heavy atom. The fourth-order valence-electron chi connectivity index (χ4n) is 5.61. The number of hydrogen-bond acceptors (Lipinski definition) is 4. The minimum atomic E-state index is -2.85. The van der Waals surface area contributed by atoms with Crippen LogP contribution >= 0.6 is 23.3 Å². The predicted molar refractivity (Wildman–Crippen MR) is 163 cm³/mol. The first kappa shape index (κ1) is 27.1. The summed E-state index contributed by atoms with van der Waals surface area (Å²) in [5.74, 6) is 0.872. The third-order valence-corrected chi connectivity index (χ3v) is 11.7. The minimum Gasteiger partial charge on any atom is -0.373 e. The summed E-state index contributed by atoms with van der Waals surface area (Å²) in [6.45, 7) is 7.53. The maximum absolute atomic E-state index is 15.5. The number of morpholine rings is 1. The van der Waals surface area contributed by atoms with Crippen LogP contribution in [0.3, 0.4) is 0 Å². The third-order valence-electron chi connectivity index (χ3n) is 7.25. The Kier molecular flexibility index (Phi) is 7.25. The van der Waals surface area contributed by atoms with Crippen LogP contribution in [0.15, 0.2) is 93.1 Å². The number of aromatic nitrogens is 2. The number of amidine groups is 1. The standard InChI is InChI=1S/C30H31BrFN6OP/c1-20-18-37(19-21(2)39-20)40(35-27-17-11-9-15-25(27)31)28-22(3)34-38(23-12-6-5-7-13-23)30(28)33-29(36(40)4)24-14-8-10-16-26(24)32/h5-17,20-21H,18-19H2,1-4H3/t20-,21-,40-/m1/s1. The van der Waals surface area contributed by atoms with E-state index in [4.69, 9.17) is 19.6 Å². The molecule has 2 aliphatic rings. The zero-order valence-electron chi connectivity index (χ0n) is 22.9. The predicted octanol–water partition coefficient (Wildman–Crippen LogP) is 7.20. The summed E-state index contributed by atoms with van der Waals surface area (Å²) in [5, 5.41) is 6.00. The van der Waals surface area contributed by atoms with E-state index in [1.807, 2.05) is 79.3 Å². The van der Waals surface area contributed by atoms with Gasteiger partial charge in [0.25, 0.3) is 0 Å². The Morgan fingerprint density at radius 1 is 0.950 bits per heavy atom. The van der Waals surface area contributed by atoms with Crippen LogP contribution in [0.1, 0.15) is 25.1 Å². The highest BCUT2D eigenvalue weighted by Gasteiger charge is 2.47. The zero-order valence-corrected chi connectivity index (χ0v) is 25.3. The minimum absolute atomic E-state index is 0.00728. The van der Waals surface area contributed by atoms with Crippen LogP contribution in [0.2, 0.25) is 0 Å². The van der Waals surface area contributed by atoms with Crippen LogP contribution in [0.5, 0.6) is 0 Å². The maximum Gasteiger partial charge on any atom is 0.170 e. The molecule has 0 unspecified atom stereocenters. The van der Waals surface area contributed by atoms with Crippen molar-refractivity contribution in [2.75, 3.05) is 20.1 Å². The first-order valence-electron chi connectivity index (χ1n) is 13.3. The summed E-state index contributed by atoms with van der Waals surface area (Å²) in [6.07, 6.45) is -0.0146. The summed E-state index contributed by atoms with van der Waals surface area (Å²) < 4.78 is 34.6. The number of benzene rings is 3. The molecular formula is C30H31BrFN6OP. The molecule has 40 heavy (non-hydrogen) atoms. The number of para-hydroxylation sites is 1. The molecule has 206 valence electrons. The maximum atomic E-state index is 15.5. The molecule has 0 saturated carbocycles. The van der Waals surface area contributed by atoms with Crippen molar-refractivity contribution < 1.29 is 9.13 Å². The van der Waals surface area contributed by atoms with Gasteiger partial charge >= 0.3 is 0 Å². The van der Waals surface area contributed by atoms with Gasteiger partial charge < -0.3 is 9.41 Å². The molecule has 0 amide bonds. The number of rotatable bonds is 4. The van der Waals surface area contributed by atoms with Crippen molar-refractivity contribution in [2.24, 2.45) is 9.74 Å². The van der Waals surface area contributed by atoms with Crippen molar-refractivity contribution in [2.45, 2.75) is 33.0 Å². The van der Waals surface area contributed by atoms with Crippen LogP contribution in [-0.4, -0.2) is 57.3 Å². The summed E-state index contributed by atoms with van der Waals surface area (Å²) >= 11 is 3.74. The van der Waals surface area contributed by atoms with E-state index in [2.05, 4.69) is 39.1 Å². The Morgan fingerprint density at radius 3 is 2.30 bits per heavy atom. The Balaban J connectivity index is 1.74. The lowest BCUT2D eigenvalue weighted by atomic mass is 10.2. The van der Waals surface area contributed by atoms with E-state index in [1.165, 1.54) is 6.07 Å². The number of halogens is 2. The number of nitrogens with zero attached hydrogens (tertiary/aromatic N) is 6. The van der Waals surface area contributed by atoms with Crippen molar-refractivity contribution in [1.29, 1.82) is 0 Å². The SMILES string of the molecule is Cc1nn(-c2ccccc2)c2c1[P@](=Nc1ccccc1Br)(N1C[C@@H](C)O[C@H](C)C1)N(C)C(c1ccccc1F)=N2. The fraction of sp³-hybridized carbons (Fsp3) is 0.267. The van der Waals surface area contributed by atoms with Crippen LogP contribution in [0.4, 0.5) is 15.9 Å². The first-order valence-corrected chi connectivity index (χ1v) is 15.7. The molecule has 1 aromatic heterocycles.